The number of hydrogen-bond acceptors (Lipinski definition) is 12. The van der Waals surface area contributed by atoms with E-state index in [1.165, 1.54) is 30.4 Å². The number of oxime groups is 1. The van der Waals surface area contributed by atoms with E-state index in [-0.39, 0.29) is 27.9 Å². The summed E-state index contributed by atoms with van der Waals surface area (Å²) in [5.41, 5.74) is 5.19. The third-order valence-electron chi connectivity index (χ3n) is 4.70. The maximum Gasteiger partial charge on any atom is 0.353 e. The van der Waals surface area contributed by atoms with Gasteiger partial charge in [0.1, 0.15) is 34.9 Å². The lowest BCUT2D eigenvalue weighted by Crippen LogP contribution is -2.71. The summed E-state index contributed by atoms with van der Waals surface area (Å²) in [6.45, 7) is 0. The van der Waals surface area contributed by atoms with Crippen molar-refractivity contribution in [2.24, 2.45) is 5.16 Å². The quantitative estimate of drug-likeness (QED) is 0.201. The molecule has 0 spiro atoms. The largest absolute Gasteiger partial charge is 0.477 e. The molecule has 0 aromatic carbocycles. The average Bonchev–Trinajstić information content (AvgIpc) is 3.25. The molecule has 0 unspecified atom stereocenters. The van der Waals surface area contributed by atoms with Gasteiger partial charge >= 0.3 is 5.97 Å². The molecule has 1 saturated heterocycles. The zero-order valence-corrected chi connectivity index (χ0v) is 19.8. The minimum atomic E-state index is -1.41. The van der Waals surface area contributed by atoms with E-state index in [9.17, 15) is 24.3 Å². The van der Waals surface area contributed by atoms with Gasteiger partial charge in [-0.25, -0.2) is 14.8 Å². The van der Waals surface area contributed by atoms with Gasteiger partial charge in [0.15, 0.2) is 10.8 Å². The number of anilines is 1. The lowest BCUT2D eigenvalue weighted by Gasteiger charge is -2.49. The minimum Gasteiger partial charge on any atom is -0.477 e. The Hall–Kier alpha value is -3.43. The number of rotatable bonds is 7. The summed E-state index contributed by atoms with van der Waals surface area (Å²) < 4.78 is 0. The van der Waals surface area contributed by atoms with Crippen LogP contribution in [0.4, 0.5) is 5.13 Å². The second-order valence-corrected chi connectivity index (χ2v) is 9.73. The maximum atomic E-state index is 12.9. The Bertz CT molecular complexity index is 1230. The van der Waals surface area contributed by atoms with Gasteiger partial charge in [0.2, 0.25) is 5.12 Å². The molecule has 4 rings (SSSR count). The number of nitrogens with zero attached hydrogens (tertiary/aromatic N) is 4. The molecule has 12 nitrogen and oxygen atoms in total. The lowest BCUT2D eigenvalue weighted by atomic mass is 10.0. The topological polar surface area (TPSA) is 177 Å². The molecule has 0 bridgehead atoms. The number of aromatic nitrogens is 2. The summed E-state index contributed by atoms with van der Waals surface area (Å²) >= 11 is 3.05. The first-order chi connectivity index (χ1) is 16.3. The molecule has 15 heteroatoms. The van der Waals surface area contributed by atoms with Gasteiger partial charge in [-0.05, 0) is 23.9 Å². The second-order valence-electron chi connectivity index (χ2n) is 6.74. The number of carboxylic acids is 1. The predicted octanol–water partition coefficient (Wildman–Crippen LogP) is 0.528. The van der Waals surface area contributed by atoms with Crippen LogP contribution in [-0.2, 0) is 24.0 Å². The molecular formula is C19H16N6O6S3. The van der Waals surface area contributed by atoms with Gasteiger partial charge in [-0.3, -0.25) is 19.3 Å². The van der Waals surface area contributed by atoms with Gasteiger partial charge in [0.05, 0.1) is 0 Å². The van der Waals surface area contributed by atoms with Gasteiger partial charge < -0.3 is 21.0 Å². The van der Waals surface area contributed by atoms with Crippen molar-refractivity contribution >= 4 is 68.6 Å². The molecule has 4 heterocycles. The Morgan fingerprint density at radius 2 is 2.18 bits per heavy atom. The Labute approximate surface area is 204 Å². The van der Waals surface area contributed by atoms with Crippen LogP contribution in [0.2, 0.25) is 0 Å². The molecule has 34 heavy (non-hydrogen) atoms. The number of nitrogens with one attached hydrogen (secondary N) is 1. The Morgan fingerprint density at radius 1 is 1.38 bits per heavy atom. The molecule has 0 radical (unpaired) electrons. The van der Waals surface area contributed by atoms with Crippen LogP contribution in [0.5, 0.6) is 0 Å². The van der Waals surface area contributed by atoms with Gasteiger partial charge in [0.25, 0.3) is 11.8 Å². The maximum absolute atomic E-state index is 12.9. The molecular weight excluding hydrogens is 504 g/mol. The number of thioether (sulfide) groups is 2. The van der Waals surface area contributed by atoms with Crippen LogP contribution in [0.15, 0.2) is 51.2 Å². The standard InChI is InChI=1S/C19H16N6O6S3/c1-31-24-11(9-7-33-19(20)22-9)14(26)23-12-15(27)25-13(17(28)29)8(6-32-16(12)25)18(30)34-10-4-2-3-5-21-10/h2-5,7,12,16H,6H2,1H3,(H2,20,22)(H,23,26)(H,28,29)/t12-,16+/m1/s1. The number of carbonyl (C=O) groups excluding carboxylic acids is 3. The van der Waals surface area contributed by atoms with E-state index < -0.39 is 40.0 Å². The number of nitrogens with two attached hydrogens (primary N) is 1. The number of pyridine rings is 1. The van der Waals surface area contributed by atoms with E-state index in [0.29, 0.717) is 5.03 Å². The molecule has 0 aliphatic carbocycles. The van der Waals surface area contributed by atoms with Gasteiger partial charge in [0, 0.05) is 22.9 Å². The summed E-state index contributed by atoms with van der Waals surface area (Å²) in [6, 6.07) is 3.99. The number of nitrogen functional groups attached to an aromatic ring is 1. The van der Waals surface area contributed by atoms with E-state index in [2.05, 4.69) is 20.4 Å². The van der Waals surface area contributed by atoms with Crippen molar-refractivity contribution in [3.05, 3.63) is 46.7 Å². The fourth-order valence-electron chi connectivity index (χ4n) is 3.24. The zero-order chi connectivity index (χ0) is 24.4. The summed E-state index contributed by atoms with van der Waals surface area (Å²) in [5.74, 6) is -2.76. The van der Waals surface area contributed by atoms with Crippen LogP contribution >= 0.6 is 34.9 Å². The van der Waals surface area contributed by atoms with Crippen molar-refractivity contribution in [1.29, 1.82) is 0 Å². The first-order valence-corrected chi connectivity index (χ1v) is 12.2. The SMILES string of the molecule is CON=C(C(=O)N[C@@H]1C(=O)N2C(C(=O)O)=C(C(=O)Sc3ccccn3)CS[C@@H]12)c1csc(N)n1. The van der Waals surface area contributed by atoms with E-state index in [1.807, 2.05) is 0 Å². The molecule has 0 saturated carbocycles. The lowest BCUT2D eigenvalue weighted by molar-refractivity contribution is -0.150. The fourth-order valence-corrected chi connectivity index (χ4v) is 5.96. The summed E-state index contributed by atoms with van der Waals surface area (Å²) in [6.07, 6.45) is 1.51. The van der Waals surface area contributed by atoms with Crippen molar-refractivity contribution in [3.8, 4) is 0 Å². The molecule has 2 amide bonds. The number of fused-ring (bicyclic) bond motifs is 1. The van der Waals surface area contributed by atoms with E-state index in [1.54, 1.807) is 18.2 Å². The van der Waals surface area contributed by atoms with Crippen molar-refractivity contribution in [2.45, 2.75) is 16.4 Å². The van der Waals surface area contributed by atoms with E-state index in [0.717, 1.165) is 28.0 Å². The van der Waals surface area contributed by atoms with Gasteiger partial charge in [-0.1, -0.05) is 11.2 Å². The van der Waals surface area contributed by atoms with Gasteiger partial charge in [-0.2, -0.15) is 0 Å². The molecule has 176 valence electrons. The molecule has 2 aromatic heterocycles. The Morgan fingerprint density at radius 3 is 2.79 bits per heavy atom. The highest BCUT2D eigenvalue weighted by Gasteiger charge is 2.55. The fraction of sp³-hybridized carbons (Fsp3) is 0.211. The molecule has 4 N–H and O–H groups in total. The van der Waals surface area contributed by atoms with E-state index in [4.69, 9.17) is 10.6 Å². The van der Waals surface area contributed by atoms with Crippen LogP contribution in [0, 0.1) is 0 Å². The highest BCUT2D eigenvalue weighted by Crippen LogP contribution is 2.42. The normalized spacial score (nSPS) is 19.9. The average molecular weight is 521 g/mol. The second kappa shape index (κ2) is 9.82. The van der Waals surface area contributed by atoms with Crippen LogP contribution < -0.4 is 11.1 Å². The number of thiazole rings is 1. The number of β-lactam (4-membered cyclic amide) rings is 1. The van der Waals surface area contributed by atoms with Crippen LogP contribution in [0.3, 0.4) is 0 Å². The third kappa shape index (κ3) is 4.49. The van der Waals surface area contributed by atoms with Crippen LogP contribution in [0.1, 0.15) is 5.69 Å². The smallest absolute Gasteiger partial charge is 0.353 e. The first-order valence-electron chi connectivity index (χ1n) is 9.49. The van der Waals surface area contributed by atoms with Crippen LogP contribution in [-0.4, -0.2) is 72.9 Å². The van der Waals surface area contributed by atoms with Gasteiger partial charge in [-0.15, -0.1) is 23.1 Å². The number of carboxylic acid groups (broad SMARTS) is 1. The van der Waals surface area contributed by atoms with Crippen molar-refractivity contribution in [2.75, 3.05) is 18.6 Å². The summed E-state index contributed by atoms with van der Waals surface area (Å²) in [5, 5.41) is 16.9. The molecule has 2 aromatic rings. The van der Waals surface area contributed by atoms with Crippen molar-refractivity contribution in [3.63, 3.8) is 0 Å². The first kappa shape index (κ1) is 23.7. The highest BCUT2D eigenvalue weighted by molar-refractivity contribution is 8.14. The molecule has 2 aliphatic heterocycles. The minimum absolute atomic E-state index is 0.0119. The molecule has 2 atom stereocenters. The molecule has 2 aliphatic rings. The number of amides is 2. The highest BCUT2D eigenvalue weighted by atomic mass is 32.2. The van der Waals surface area contributed by atoms with Crippen LogP contribution in [0.25, 0.3) is 0 Å². The number of carbonyl (C=O) groups is 4. The predicted molar refractivity (Wildman–Crippen MR) is 125 cm³/mol. The Kier molecular flexibility index (Phi) is 6.85. The Balaban J connectivity index is 1.53. The van der Waals surface area contributed by atoms with Crippen molar-refractivity contribution < 1.29 is 29.1 Å². The zero-order valence-electron chi connectivity index (χ0n) is 17.3. The number of hydrogen-bond donors (Lipinski definition) is 3. The summed E-state index contributed by atoms with van der Waals surface area (Å²) in [4.78, 5) is 64.2. The monoisotopic (exact) mass is 520 g/mol. The van der Waals surface area contributed by atoms with Crippen molar-refractivity contribution in [1.82, 2.24) is 20.2 Å². The van der Waals surface area contributed by atoms with E-state index >= 15 is 0 Å². The summed E-state index contributed by atoms with van der Waals surface area (Å²) in [7, 11) is 1.25. The number of aliphatic carboxylic acids is 1. The third-order valence-corrected chi connectivity index (χ3v) is 7.54. The molecule has 1 fully saturated rings.